The van der Waals surface area contributed by atoms with Crippen molar-refractivity contribution in [2.75, 3.05) is 32.0 Å². The number of fused-ring (bicyclic) bond motifs is 1. The van der Waals surface area contributed by atoms with E-state index in [1.807, 2.05) is 20.8 Å². The van der Waals surface area contributed by atoms with Crippen LogP contribution >= 0.6 is 0 Å². The van der Waals surface area contributed by atoms with Crippen molar-refractivity contribution < 1.29 is 18.7 Å². The zero-order valence-corrected chi connectivity index (χ0v) is 21.2. The van der Waals surface area contributed by atoms with Crippen molar-refractivity contribution in [3.63, 3.8) is 0 Å². The molecule has 0 spiro atoms. The Morgan fingerprint density at radius 1 is 1.24 bits per heavy atom. The number of anilines is 1. The first kappa shape index (κ1) is 25.8. The Labute approximate surface area is 213 Å². The minimum absolute atomic E-state index is 0.167. The molecule has 3 aromatic heterocycles. The summed E-state index contributed by atoms with van der Waals surface area (Å²) in [5.41, 5.74) is -0.310. The van der Waals surface area contributed by atoms with Gasteiger partial charge in [-0.05, 0) is 39.7 Å². The van der Waals surface area contributed by atoms with Crippen molar-refractivity contribution in [2.24, 2.45) is 5.41 Å². The van der Waals surface area contributed by atoms with Crippen LogP contribution in [0.3, 0.4) is 0 Å². The molecule has 11 nitrogen and oxygen atoms in total. The Bertz CT molecular complexity index is 1370. The fourth-order valence-electron chi connectivity index (χ4n) is 4.09. The molecular weight excluding hydrogens is 479 g/mol. The molecule has 1 saturated heterocycles. The number of amides is 2. The third-order valence-electron chi connectivity index (χ3n) is 6.15. The lowest BCUT2D eigenvalue weighted by Crippen LogP contribution is -2.46. The second-order valence-corrected chi connectivity index (χ2v) is 9.98. The van der Waals surface area contributed by atoms with Crippen LogP contribution in [0.1, 0.15) is 44.1 Å². The number of imidazole rings is 1. The molecule has 0 unspecified atom stereocenters. The van der Waals surface area contributed by atoms with Crippen LogP contribution < -0.4 is 10.6 Å². The van der Waals surface area contributed by atoms with Crippen LogP contribution in [0.25, 0.3) is 16.9 Å². The summed E-state index contributed by atoms with van der Waals surface area (Å²) in [5, 5.41) is 15.8. The van der Waals surface area contributed by atoms with Gasteiger partial charge in [-0.25, -0.2) is 19.2 Å². The third kappa shape index (κ3) is 5.61. The number of nitrogens with one attached hydrogen (secondary N) is 2. The van der Waals surface area contributed by atoms with Gasteiger partial charge < -0.3 is 24.7 Å². The van der Waals surface area contributed by atoms with Crippen LogP contribution in [-0.4, -0.2) is 68.5 Å². The van der Waals surface area contributed by atoms with Crippen LogP contribution in [0.15, 0.2) is 30.9 Å². The average molecular weight is 509 g/mol. The number of piperidine rings is 1. The number of hydrogen-bond donors (Lipinski definition) is 2. The van der Waals surface area contributed by atoms with Gasteiger partial charge in [-0.3, -0.25) is 9.78 Å². The number of hydrogen-bond acceptors (Lipinski definition) is 8. The molecule has 0 atom stereocenters. The van der Waals surface area contributed by atoms with E-state index in [1.54, 1.807) is 15.5 Å². The van der Waals surface area contributed by atoms with E-state index in [0.717, 1.165) is 6.20 Å². The lowest BCUT2D eigenvalue weighted by molar-refractivity contribution is 0.0156. The van der Waals surface area contributed by atoms with E-state index in [-0.39, 0.29) is 23.7 Å². The van der Waals surface area contributed by atoms with Crippen molar-refractivity contribution >= 4 is 23.5 Å². The van der Waals surface area contributed by atoms with E-state index in [0.29, 0.717) is 43.1 Å². The predicted octanol–water partition coefficient (Wildman–Crippen LogP) is 3.24. The molecule has 0 aliphatic carbocycles. The number of halogens is 1. The van der Waals surface area contributed by atoms with E-state index in [4.69, 9.17) is 4.74 Å². The summed E-state index contributed by atoms with van der Waals surface area (Å²) < 4.78 is 21.5. The molecule has 1 aliphatic heterocycles. The minimum atomic E-state index is -0.772. The van der Waals surface area contributed by atoms with Gasteiger partial charge in [-0.2, -0.15) is 5.26 Å². The second-order valence-electron chi connectivity index (χ2n) is 9.98. The maximum absolute atomic E-state index is 14.5. The zero-order valence-electron chi connectivity index (χ0n) is 21.2. The van der Waals surface area contributed by atoms with Gasteiger partial charge in [0.05, 0.1) is 23.4 Å². The largest absolute Gasteiger partial charge is 0.444 e. The summed E-state index contributed by atoms with van der Waals surface area (Å²) in [5.74, 6) is -0.627. The Morgan fingerprint density at radius 2 is 1.97 bits per heavy atom. The smallest absolute Gasteiger partial charge is 0.410 e. The molecule has 0 radical (unpaired) electrons. The maximum atomic E-state index is 14.5. The maximum Gasteiger partial charge on any atom is 0.410 e. The molecule has 2 N–H and O–H groups in total. The second kappa shape index (κ2) is 10.0. The molecule has 0 aromatic carbocycles. The fraction of sp³-hybridized carbons (Fsp3) is 0.440. The number of ether oxygens (including phenoxy) is 1. The van der Waals surface area contributed by atoms with Crippen LogP contribution in [0.5, 0.6) is 0 Å². The molecule has 2 amide bonds. The number of nitrogens with zero attached hydrogens (tertiary/aromatic N) is 6. The monoisotopic (exact) mass is 508 g/mol. The van der Waals surface area contributed by atoms with Gasteiger partial charge in [-0.1, -0.05) is 0 Å². The van der Waals surface area contributed by atoms with Gasteiger partial charge in [0.1, 0.15) is 11.3 Å². The highest BCUT2D eigenvalue weighted by molar-refractivity contribution is 5.93. The lowest BCUT2D eigenvalue weighted by atomic mass is 9.80. The average Bonchev–Trinajstić information content (AvgIpc) is 3.31. The number of carbonyl (C=O) groups is 2. The van der Waals surface area contributed by atoms with Crippen molar-refractivity contribution in [1.29, 1.82) is 5.26 Å². The van der Waals surface area contributed by atoms with E-state index in [1.165, 1.54) is 25.5 Å². The zero-order chi connectivity index (χ0) is 26.8. The van der Waals surface area contributed by atoms with Gasteiger partial charge in [0.25, 0.3) is 5.91 Å². The third-order valence-corrected chi connectivity index (χ3v) is 6.15. The summed E-state index contributed by atoms with van der Waals surface area (Å²) in [6, 6.07) is 3.91. The molecule has 4 rings (SSSR count). The highest BCUT2D eigenvalue weighted by atomic mass is 19.1. The lowest BCUT2D eigenvalue weighted by Gasteiger charge is -2.37. The summed E-state index contributed by atoms with van der Waals surface area (Å²) in [7, 11) is 1.50. The van der Waals surface area contributed by atoms with Crippen LogP contribution in [0.2, 0.25) is 0 Å². The summed E-state index contributed by atoms with van der Waals surface area (Å²) in [4.78, 5) is 39.0. The minimum Gasteiger partial charge on any atom is -0.444 e. The van der Waals surface area contributed by atoms with Gasteiger partial charge in [0.2, 0.25) is 0 Å². The summed E-state index contributed by atoms with van der Waals surface area (Å²) >= 11 is 0. The molecular formula is C25H29FN8O3. The molecule has 37 heavy (non-hydrogen) atoms. The molecule has 1 fully saturated rings. The first-order valence-corrected chi connectivity index (χ1v) is 11.9. The van der Waals surface area contributed by atoms with E-state index < -0.39 is 22.9 Å². The van der Waals surface area contributed by atoms with Crippen LogP contribution in [0, 0.1) is 22.6 Å². The Balaban J connectivity index is 1.60. The van der Waals surface area contributed by atoms with Crippen LogP contribution in [0.4, 0.5) is 15.0 Å². The topological polar surface area (TPSA) is 138 Å². The fourth-order valence-corrected chi connectivity index (χ4v) is 4.09. The highest BCUT2D eigenvalue weighted by Crippen LogP contribution is 2.33. The first-order valence-electron chi connectivity index (χ1n) is 11.9. The molecule has 194 valence electrons. The molecule has 12 heteroatoms. The highest BCUT2D eigenvalue weighted by Gasteiger charge is 2.37. The summed E-state index contributed by atoms with van der Waals surface area (Å²) in [6.45, 7) is 6.40. The van der Waals surface area contributed by atoms with Gasteiger partial charge in [-0.15, -0.1) is 0 Å². The Hall–Kier alpha value is -4.27. The van der Waals surface area contributed by atoms with Crippen molar-refractivity contribution in [3.05, 3.63) is 42.4 Å². The van der Waals surface area contributed by atoms with Crippen molar-refractivity contribution in [2.45, 2.75) is 39.2 Å². The van der Waals surface area contributed by atoms with E-state index >= 15 is 0 Å². The normalized spacial score (nSPS) is 15.2. The van der Waals surface area contributed by atoms with E-state index in [9.17, 15) is 19.2 Å². The quantitative estimate of drug-likeness (QED) is 0.536. The number of aromatic nitrogens is 4. The molecule has 4 heterocycles. The van der Waals surface area contributed by atoms with Crippen molar-refractivity contribution in [1.82, 2.24) is 29.6 Å². The molecule has 3 aromatic rings. The first-order chi connectivity index (χ1) is 17.5. The number of pyridine rings is 1. The number of rotatable bonds is 5. The Morgan fingerprint density at radius 3 is 2.59 bits per heavy atom. The van der Waals surface area contributed by atoms with Gasteiger partial charge >= 0.3 is 6.09 Å². The number of carbonyl (C=O) groups excluding carboxylic acids is 2. The SMILES string of the molecule is CNC(=O)c1cn2cc(-c3ccncc3F)nc(NCC3(C#N)CCN(C(=O)OC(C)(C)C)CC3)c2n1. The van der Waals surface area contributed by atoms with Gasteiger partial charge in [0.15, 0.2) is 17.3 Å². The standard InChI is InChI=1S/C25H29FN8O3/c1-24(2,3)37-23(36)33-9-6-25(14-27,7-10-33)15-30-20-21-32-19(22(35)28-4)13-34(21)12-18(31-20)16-5-8-29-11-17(16)26/h5,8,11-13H,6-7,9-10,15H2,1-4H3,(H,28,35)(H,30,31). The molecule has 0 bridgehead atoms. The number of nitriles is 1. The number of likely N-dealkylation sites (tertiary alicyclic amines) is 1. The van der Waals surface area contributed by atoms with Gasteiger partial charge in [0, 0.05) is 50.8 Å². The van der Waals surface area contributed by atoms with Crippen molar-refractivity contribution in [3.8, 4) is 17.3 Å². The predicted molar refractivity (Wildman–Crippen MR) is 133 cm³/mol. The van der Waals surface area contributed by atoms with Crippen LogP contribution in [-0.2, 0) is 4.74 Å². The summed E-state index contributed by atoms with van der Waals surface area (Å²) in [6.07, 6.45) is 6.14. The molecule has 1 aliphatic rings. The molecule has 0 saturated carbocycles. The van der Waals surface area contributed by atoms with E-state index in [2.05, 4.69) is 31.7 Å². The Kier molecular flexibility index (Phi) is 6.98.